The van der Waals surface area contributed by atoms with Gasteiger partial charge in [0.2, 0.25) is 0 Å². The maximum atomic E-state index is 12.4. The number of hydrogen-bond acceptors (Lipinski definition) is 3. The normalized spacial score (nSPS) is 11.8. The zero-order valence-corrected chi connectivity index (χ0v) is 17.4. The van der Waals surface area contributed by atoms with Crippen molar-refractivity contribution in [1.82, 2.24) is 28.7 Å². The Labute approximate surface area is 177 Å². The molecule has 0 spiro atoms. The third-order valence-electron chi connectivity index (χ3n) is 6.05. The summed E-state index contributed by atoms with van der Waals surface area (Å²) in [5.41, 5.74) is 7.74. The first kappa shape index (κ1) is 17.7. The van der Waals surface area contributed by atoms with E-state index in [1.807, 2.05) is 36.7 Å². The van der Waals surface area contributed by atoms with Crippen LogP contribution in [0.4, 0.5) is 0 Å². The van der Waals surface area contributed by atoms with Gasteiger partial charge in [-0.3, -0.25) is 18.7 Å². The Morgan fingerprint density at radius 1 is 0.935 bits per heavy atom. The van der Waals surface area contributed by atoms with Crippen molar-refractivity contribution < 1.29 is 0 Å². The largest absolute Gasteiger partial charge is 0.360 e. The number of nitrogens with zero attached hydrogens (tertiary/aromatic N) is 5. The van der Waals surface area contributed by atoms with Crippen LogP contribution in [0.1, 0.15) is 5.56 Å². The van der Waals surface area contributed by atoms with E-state index in [0.29, 0.717) is 0 Å². The van der Waals surface area contributed by atoms with E-state index in [4.69, 9.17) is 4.98 Å². The van der Waals surface area contributed by atoms with Crippen LogP contribution >= 0.6 is 0 Å². The minimum absolute atomic E-state index is 0.0449. The average Bonchev–Trinajstić information content (AvgIpc) is 3.43. The lowest BCUT2D eigenvalue weighted by molar-refractivity contribution is 0.795. The molecule has 7 nitrogen and oxygen atoms in total. The van der Waals surface area contributed by atoms with Crippen molar-refractivity contribution in [2.75, 3.05) is 0 Å². The van der Waals surface area contributed by atoms with Crippen LogP contribution in [0, 0.1) is 6.92 Å². The molecule has 0 bridgehead atoms. The van der Waals surface area contributed by atoms with Gasteiger partial charge in [-0.1, -0.05) is 12.1 Å². The summed E-state index contributed by atoms with van der Waals surface area (Å²) in [6.45, 7) is 2.08. The average molecular weight is 408 g/mol. The van der Waals surface area contributed by atoms with Gasteiger partial charge >= 0.3 is 5.69 Å². The molecule has 0 amide bonds. The number of aromatic amines is 1. The molecule has 152 valence electrons. The van der Waals surface area contributed by atoms with Crippen molar-refractivity contribution >= 4 is 33.0 Å². The van der Waals surface area contributed by atoms with Crippen LogP contribution in [-0.2, 0) is 14.1 Å². The summed E-state index contributed by atoms with van der Waals surface area (Å²) in [7, 11) is 3.59. The summed E-state index contributed by atoms with van der Waals surface area (Å²) in [5.74, 6) is 0.832. The zero-order chi connectivity index (χ0) is 21.3. The highest BCUT2D eigenvalue weighted by Gasteiger charge is 2.19. The van der Waals surface area contributed by atoms with Crippen LogP contribution in [0.2, 0.25) is 0 Å². The van der Waals surface area contributed by atoms with Crippen molar-refractivity contribution in [2.24, 2.45) is 14.1 Å². The lowest BCUT2D eigenvalue weighted by Crippen LogP contribution is -2.19. The minimum atomic E-state index is -0.0449. The second kappa shape index (κ2) is 6.18. The molecule has 0 fully saturated rings. The van der Waals surface area contributed by atoms with E-state index in [2.05, 4.69) is 39.7 Å². The number of benzene rings is 2. The Bertz CT molecular complexity index is 1690. The van der Waals surface area contributed by atoms with E-state index in [1.165, 1.54) is 5.56 Å². The van der Waals surface area contributed by atoms with Gasteiger partial charge in [0.15, 0.2) is 0 Å². The highest BCUT2D eigenvalue weighted by Crippen LogP contribution is 2.33. The van der Waals surface area contributed by atoms with Crippen molar-refractivity contribution in [1.29, 1.82) is 0 Å². The number of fused-ring (bicyclic) bond motifs is 3. The zero-order valence-electron chi connectivity index (χ0n) is 17.4. The molecule has 7 heteroatoms. The number of H-pyrrole nitrogens is 1. The number of aryl methyl sites for hydroxylation is 3. The van der Waals surface area contributed by atoms with Crippen LogP contribution in [0.15, 0.2) is 65.8 Å². The Kier molecular flexibility index (Phi) is 3.53. The minimum Gasteiger partial charge on any atom is -0.360 e. The predicted octanol–water partition coefficient (Wildman–Crippen LogP) is 4.07. The Balaban J connectivity index is 1.69. The smallest absolute Gasteiger partial charge is 0.328 e. The SMILES string of the molecule is Cc1ccc2c(-c3nc4ccncc4n3-c3ccc4c(c3)n(C)c(=O)n4C)c[nH]c2c1. The summed E-state index contributed by atoms with van der Waals surface area (Å²) in [4.78, 5) is 25.1. The third-order valence-corrected chi connectivity index (χ3v) is 6.05. The summed E-state index contributed by atoms with van der Waals surface area (Å²) in [6, 6.07) is 14.3. The summed E-state index contributed by atoms with van der Waals surface area (Å²) in [6.07, 6.45) is 5.59. The molecule has 4 heterocycles. The lowest BCUT2D eigenvalue weighted by atomic mass is 10.1. The molecule has 31 heavy (non-hydrogen) atoms. The Morgan fingerprint density at radius 2 is 1.77 bits per heavy atom. The van der Waals surface area contributed by atoms with Crippen molar-refractivity contribution in [2.45, 2.75) is 6.92 Å². The van der Waals surface area contributed by atoms with Crippen LogP contribution < -0.4 is 5.69 Å². The summed E-state index contributed by atoms with van der Waals surface area (Å²) >= 11 is 0. The van der Waals surface area contributed by atoms with E-state index < -0.39 is 0 Å². The fourth-order valence-electron chi connectivity index (χ4n) is 4.43. The summed E-state index contributed by atoms with van der Waals surface area (Å²) in [5, 5.41) is 1.11. The quantitative estimate of drug-likeness (QED) is 0.469. The van der Waals surface area contributed by atoms with Crippen molar-refractivity contribution in [3.63, 3.8) is 0 Å². The highest BCUT2D eigenvalue weighted by atomic mass is 16.1. The van der Waals surface area contributed by atoms with Gasteiger partial charge in [-0.25, -0.2) is 9.78 Å². The molecule has 6 rings (SSSR count). The van der Waals surface area contributed by atoms with Crippen molar-refractivity contribution in [3.8, 4) is 17.1 Å². The van der Waals surface area contributed by atoms with Crippen LogP contribution in [-0.4, -0.2) is 28.7 Å². The van der Waals surface area contributed by atoms with Gasteiger partial charge in [-0.05, 0) is 42.8 Å². The van der Waals surface area contributed by atoms with E-state index >= 15 is 0 Å². The molecule has 4 aromatic heterocycles. The van der Waals surface area contributed by atoms with Gasteiger partial charge in [0.05, 0.1) is 28.3 Å². The lowest BCUT2D eigenvalue weighted by Gasteiger charge is -2.10. The first-order valence-electron chi connectivity index (χ1n) is 10.1. The van der Waals surface area contributed by atoms with Crippen LogP contribution in [0.5, 0.6) is 0 Å². The molecule has 0 unspecified atom stereocenters. The standard InChI is InChI=1S/C24H20N6O/c1-14-4-6-16-17(12-26-19(16)10-14)23-27-18-8-9-25-13-22(18)30(23)15-5-7-20-21(11-15)29(3)24(31)28(20)2/h4-13,26H,1-3H3. The third kappa shape index (κ3) is 2.43. The highest BCUT2D eigenvalue weighted by molar-refractivity contribution is 5.97. The van der Waals surface area contributed by atoms with E-state index in [1.54, 1.807) is 29.4 Å². The van der Waals surface area contributed by atoms with Crippen molar-refractivity contribution in [3.05, 3.63) is 77.1 Å². The number of hydrogen-bond donors (Lipinski definition) is 1. The predicted molar refractivity (Wildman–Crippen MR) is 123 cm³/mol. The van der Waals surface area contributed by atoms with Gasteiger partial charge in [-0.15, -0.1) is 0 Å². The van der Waals surface area contributed by atoms with E-state index in [0.717, 1.165) is 50.0 Å². The molecular weight excluding hydrogens is 388 g/mol. The van der Waals surface area contributed by atoms with Gasteiger partial charge in [0, 0.05) is 48.6 Å². The van der Waals surface area contributed by atoms with E-state index in [9.17, 15) is 4.79 Å². The molecule has 0 aliphatic carbocycles. The fourth-order valence-corrected chi connectivity index (χ4v) is 4.43. The first-order chi connectivity index (χ1) is 15.0. The second-order valence-electron chi connectivity index (χ2n) is 7.96. The van der Waals surface area contributed by atoms with Crippen LogP contribution in [0.25, 0.3) is 50.0 Å². The van der Waals surface area contributed by atoms with Gasteiger partial charge in [-0.2, -0.15) is 0 Å². The van der Waals surface area contributed by atoms with Crippen LogP contribution in [0.3, 0.4) is 0 Å². The molecule has 2 aromatic carbocycles. The topological polar surface area (TPSA) is 73.4 Å². The second-order valence-corrected chi connectivity index (χ2v) is 7.96. The summed E-state index contributed by atoms with van der Waals surface area (Å²) < 4.78 is 5.45. The van der Waals surface area contributed by atoms with Gasteiger partial charge < -0.3 is 4.98 Å². The molecule has 0 saturated carbocycles. The fraction of sp³-hybridized carbons (Fsp3) is 0.125. The molecule has 6 aromatic rings. The van der Waals surface area contributed by atoms with Gasteiger partial charge in [0.1, 0.15) is 5.82 Å². The number of aromatic nitrogens is 6. The van der Waals surface area contributed by atoms with E-state index in [-0.39, 0.29) is 5.69 Å². The number of rotatable bonds is 2. The molecule has 0 atom stereocenters. The molecule has 0 radical (unpaired) electrons. The Morgan fingerprint density at radius 3 is 2.65 bits per heavy atom. The number of nitrogens with one attached hydrogen (secondary N) is 1. The molecule has 0 aliphatic rings. The molecular formula is C24H20N6O. The Hall–Kier alpha value is -4.13. The molecule has 0 aliphatic heterocycles. The maximum Gasteiger partial charge on any atom is 0.328 e. The number of pyridine rings is 1. The maximum absolute atomic E-state index is 12.4. The first-order valence-corrected chi connectivity index (χ1v) is 10.1. The van der Waals surface area contributed by atoms with Gasteiger partial charge in [0.25, 0.3) is 0 Å². The number of imidazole rings is 2. The monoisotopic (exact) mass is 408 g/mol. The molecule has 0 saturated heterocycles. The molecule has 1 N–H and O–H groups in total.